The van der Waals surface area contributed by atoms with Gasteiger partial charge in [-0.05, 0) is 38.1 Å². The van der Waals surface area contributed by atoms with Gasteiger partial charge >= 0.3 is 0 Å². The summed E-state index contributed by atoms with van der Waals surface area (Å²) in [6, 6.07) is 13.5. The highest BCUT2D eigenvalue weighted by Gasteiger charge is 2.09. The first-order valence-corrected chi connectivity index (χ1v) is 8.64. The summed E-state index contributed by atoms with van der Waals surface area (Å²) < 4.78 is 2.18. The van der Waals surface area contributed by atoms with Crippen molar-refractivity contribution in [2.45, 2.75) is 13.8 Å². The maximum Gasteiger partial charge on any atom is 0.282 e. The molecule has 0 amide bonds. The van der Waals surface area contributed by atoms with Crippen LogP contribution in [0, 0.1) is 13.8 Å². The lowest BCUT2D eigenvalue weighted by atomic mass is 10.1. The molecule has 0 saturated heterocycles. The molecule has 2 aromatic heterocycles. The normalized spacial score (nSPS) is 11.8. The highest BCUT2D eigenvalue weighted by Crippen LogP contribution is 2.20. The lowest BCUT2D eigenvalue weighted by Gasteiger charge is -2.05. The molecule has 2 heterocycles. The van der Waals surface area contributed by atoms with Crippen molar-refractivity contribution in [1.29, 1.82) is 0 Å². The second kappa shape index (κ2) is 5.97. The first kappa shape index (κ1) is 15.8. The molecular formula is C19H15BrN4O. The molecule has 0 aliphatic carbocycles. The minimum absolute atomic E-state index is 0.183. The third-order valence-electron chi connectivity index (χ3n) is 4.22. The molecule has 2 aromatic carbocycles. The van der Waals surface area contributed by atoms with Crippen molar-refractivity contribution in [2.24, 2.45) is 5.10 Å². The Bertz CT molecular complexity index is 1200. The molecule has 0 atom stereocenters. The second-order valence-electron chi connectivity index (χ2n) is 5.89. The third kappa shape index (κ3) is 2.68. The first-order valence-electron chi connectivity index (χ1n) is 7.85. The van der Waals surface area contributed by atoms with E-state index in [1.807, 2.05) is 43.3 Å². The molecule has 0 spiro atoms. The Morgan fingerprint density at radius 1 is 1.16 bits per heavy atom. The van der Waals surface area contributed by atoms with E-state index in [0.717, 1.165) is 26.6 Å². The summed E-state index contributed by atoms with van der Waals surface area (Å²) in [7, 11) is 0. The number of nitrogens with one attached hydrogen (secondary N) is 1. The van der Waals surface area contributed by atoms with E-state index in [2.05, 4.69) is 31.0 Å². The average Bonchev–Trinajstić information content (AvgIpc) is 2.91. The van der Waals surface area contributed by atoms with E-state index < -0.39 is 0 Å². The molecule has 124 valence electrons. The zero-order valence-corrected chi connectivity index (χ0v) is 15.3. The van der Waals surface area contributed by atoms with Crippen molar-refractivity contribution < 1.29 is 0 Å². The topological polar surface area (TPSA) is 63.0 Å². The lowest BCUT2D eigenvalue weighted by molar-refractivity contribution is 0.771. The number of hydrogen-bond donors (Lipinski definition) is 1. The van der Waals surface area contributed by atoms with Gasteiger partial charge in [-0.2, -0.15) is 9.78 Å². The highest BCUT2D eigenvalue weighted by atomic mass is 79.9. The number of hydrogen-bond acceptors (Lipinski definition) is 3. The number of halogens is 1. The van der Waals surface area contributed by atoms with Crippen LogP contribution in [0.3, 0.4) is 0 Å². The van der Waals surface area contributed by atoms with Gasteiger partial charge in [0.05, 0.1) is 17.1 Å². The van der Waals surface area contributed by atoms with E-state index in [9.17, 15) is 4.79 Å². The van der Waals surface area contributed by atoms with Crippen molar-refractivity contribution in [3.05, 3.63) is 74.4 Å². The van der Waals surface area contributed by atoms with Crippen LogP contribution < -0.4 is 5.56 Å². The molecule has 0 saturated carbocycles. The van der Waals surface area contributed by atoms with Crippen LogP contribution in [0.2, 0.25) is 0 Å². The molecule has 4 rings (SSSR count). The summed E-state index contributed by atoms with van der Waals surface area (Å²) in [5.41, 5.74) is 3.51. The molecule has 0 radical (unpaired) electrons. The average molecular weight is 395 g/mol. The molecule has 25 heavy (non-hydrogen) atoms. The molecule has 0 aliphatic rings. The van der Waals surface area contributed by atoms with Gasteiger partial charge in [0.2, 0.25) is 0 Å². The number of H-pyrrole nitrogens is 1. The summed E-state index contributed by atoms with van der Waals surface area (Å²) in [6.07, 6.45) is 1.72. The molecule has 4 aromatic rings. The van der Waals surface area contributed by atoms with Crippen molar-refractivity contribution in [3.63, 3.8) is 0 Å². The number of nitrogens with zero attached hydrogens (tertiary/aromatic N) is 3. The summed E-state index contributed by atoms with van der Waals surface area (Å²) in [5.74, 6) is 0.550. The van der Waals surface area contributed by atoms with Crippen LogP contribution in [0.5, 0.6) is 0 Å². The summed E-state index contributed by atoms with van der Waals surface area (Å²) in [6.45, 7) is 3.77. The third-order valence-corrected chi connectivity index (χ3v) is 4.71. The fourth-order valence-corrected chi connectivity index (χ4v) is 3.34. The predicted molar refractivity (Wildman–Crippen MR) is 104 cm³/mol. The van der Waals surface area contributed by atoms with Gasteiger partial charge in [0.25, 0.3) is 5.56 Å². The Hall–Kier alpha value is -2.73. The van der Waals surface area contributed by atoms with E-state index in [0.29, 0.717) is 16.7 Å². The highest BCUT2D eigenvalue weighted by molar-refractivity contribution is 9.10. The molecular weight excluding hydrogens is 380 g/mol. The fourth-order valence-electron chi connectivity index (χ4n) is 2.98. The van der Waals surface area contributed by atoms with Gasteiger partial charge in [0, 0.05) is 26.6 Å². The Morgan fingerprint density at radius 2 is 1.96 bits per heavy atom. The van der Waals surface area contributed by atoms with Crippen LogP contribution in [-0.4, -0.2) is 20.9 Å². The number of aromatic nitrogens is 3. The second-order valence-corrected chi connectivity index (χ2v) is 6.81. The lowest BCUT2D eigenvalue weighted by Crippen LogP contribution is -2.20. The van der Waals surface area contributed by atoms with Crippen LogP contribution in [-0.2, 0) is 0 Å². The number of fused-ring (bicyclic) bond motifs is 2. The largest absolute Gasteiger partial charge is 0.358 e. The van der Waals surface area contributed by atoms with E-state index in [-0.39, 0.29) is 5.56 Å². The standard InChI is InChI=1S/C19H15BrN4O/c1-11-16(14-5-3-4-6-17(14)22-11)10-21-24-12(2)23-18-8-7-13(20)9-15(18)19(24)25/h3-10,22H,1-2H3/b21-10+. The fraction of sp³-hybridized carbons (Fsp3) is 0.105. The van der Waals surface area contributed by atoms with Crippen molar-refractivity contribution in [1.82, 2.24) is 14.6 Å². The zero-order chi connectivity index (χ0) is 17.6. The summed E-state index contributed by atoms with van der Waals surface area (Å²) in [5, 5.41) is 6.03. The molecule has 0 unspecified atom stereocenters. The maximum atomic E-state index is 12.8. The van der Waals surface area contributed by atoms with Crippen LogP contribution in [0.4, 0.5) is 0 Å². The quantitative estimate of drug-likeness (QED) is 0.519. The molecule has 0 bridgehead atoms. The Kier molecular flexibility index (Phi) is 3.77. The van der Waals surface area contributed by atoms with E-state index >= 15 is 0 Å². The Labute approximate surface area is 152 Å². The summed E-state index contributed by atoms with van der Waals surface area (Å²) in [4.78, 5) is 20.6. The molecule has 1 N–H and O–H groups in total. The van der Waals surface area contributed by atoms with Gasteiger partial charge in [-0.1, -0.05) is 34.1 Å². The van der Waals surface area contributed by atoms with Gasteiger partial charge in [-0.15, -0.1) is 0 Å². The number of benzene rings is 2. The van der Waals surface area contributed by atoms with Gasteiger partial charge in [0.1, 0.15) is 5.82 Å². The molecule has 5 nitrogen and oxygen atoms in total. The molecule has 0 aliphatic heterocycles. The van der Waals surface area contributed by atoms with E-state index in [1.54, 1.807) is 19.2 Å². The van der Waals surface area contributed by atoms with Gasteiger partial charge in [-0.25, -0.2) is 4.98 Å². The number of aromatic amines is 1. The number of para-hydroxylation sites is 1. The van der Waals surface area contributed by atoms with Gasteiger partial charge in [-0.3, -0.25) is 4.79 Å². The first-order chi connectivity index (χ1) is 12.0. The van der Waals surface area contributed by atoms with Gasteiger partial charge < -0.3 is 4.98 Å². The number of rotatable bonds is 2. The summed E-state index contributed by atoms with van der Waals surface area (Å²) >= 11 is 3.40. The Balaban J connectivity index is 1.89. The maximum absolute atomic E-state index is 12.8. The van der Waals surface area contributed by atoms with Crippen LogP contribution in [0.15, 0.2) is 56.8 Å². The predicted octanol–water partition coefficient (Wildman–Crippen LogP) is 4.14. The monoisotopic (exact) mass is 394 g/mol. The SMILES string of the molecule is Cc1[nH]c2ccccc2c1/C=N/n1c(C)nc2ccc(Br)cc2c1=O. The molecule has 6 heteroatoms. The van der Waals surface area contributed by atoms with Crippen LogP contribution in [0.1, 0.15) is 17.1 Å². The minimum Gasteiger partial charge on any atom is -0.358 e. The zero-order valence-electron chi connectivity index (χ0n) is 13.7. The van der Waals surface area contributed by atoms with E-state index in [1.165, 1.54) is 4.68 Å². The van der Waals surface area contributed by atoms with Crippen LogP contribution >= 0.6 is 15.9 Å². The van der Waals surface area contributed by atoms with Crippen molar-refractivity contribution in [2.75, 3.05) is 0 Å². The number of aryl methyl sites for hydroxylation is 2. The minimum atomic E-state index is -0.183. The molecule has 0 fully saturated rings. The van der Waals surface area contributed by atoms with Crippen molar-refractivity contribution >= 4 is 44.0 Å². The Morgan fingerprint density at radius 3 is 2.80 bits per heavy atom. The van der Waals surface area contributed by atoms with Crippen molar-refractivity contribution in [3.8, 4) is 0 Å². The van der Waals surface area contributed by atoms with Crippen LogP contribution in [0.25, 0.3) is 21.8 Å². The van der Waals surface area contributed by atoms with Gasteiger partial charge in [0.15, 0.2) is 0 Å². The van der Waals surface area contributed by atoms with E-state index in [4.69, 9.17) is 0 Å². The smallest absolute Gasteiger partial charge is 0.282 e.